The van der Waals surface area contributed by atoms with Gasteiger partial charge in [-0.15, -0.1) is 0 Å². The number of amides is 2. The lowest BCUT2D eigenvalue weighted by molar-refractivity contribution is -0.170. The highest BCUT2D eigenvalue weighted by Gasteiger charge is 2.62. The Kier molecular flexibility index (Phi) is 7.83. The molecule has 5 rings (SSSR count). The highest BCUT2D eigenvalue weighted by Crippen LogP contribution is 2.38. The minimum Gasteiger partial charge on any atom is -0.493 e. The average Bonchev–Trinajstić information content (AvgIpc) is 3.38. The summed E-state index contributed by atoms with van der Waals surface area (Å²) in [6, 6.07) is 12.8. The zero-order valence-corrected chi connectivity index (χ0v) is 21.9. The van der Waals surface area contributed by atoms with Gasteiger partial charge in [0.1, 0.15) is 18.1 Å². The van der Waals surface area contributed by atoms with Crippen LogP contribution in [0.15, 0.2) is 54.6 Å². The Hall–Kier alpha value is -3.92. The summed E-state index contributed by atoms with van der Waals surface area (Å²) in [5, 5.41) is 0. The van der Waals surface area contributed by atoms with Crippen LogP contribution in [0.3, 0.4) is 0 Å². The number of hydrogen-bond donors (Lipinski definition) is 0. The molecule has 2 aromatic rings. The van der Waals surface area contributed by atoms with Crippen LogP contribution in [0.2, 0.25) is 0 Å². The molecule has 9 nitrogen and oxygen atoms in total. The van der Waals surface area contributed by atoms with Gasteiger partial charge >= 0.3 is 23.9 Å². The summed E-state index contributed by atoms with van der Waals surface area (Å²) in [7, 11) is 0. The van der Waals surface area contributed by atoms with Crippen LogP contribution in [-0.2, 0) is 19.1 Å². The molecule has 2 amide bonds. The summed E-state index contributed by atoms with van der Waals surface area (Å²) in [5.41, 5.74) is 2.72. The maximum Gasteiger partial charge on any atom is 0.422 e. The van der Waals surface area contributed by atoms with Crippen molar-refractivity contribution in [2.24, 2.45) is 0 Å². The van der Waals surface area contributed by atoms with Crippen molar-refractivity contribution in [2.75, 3.05) is 44.2 Å². The van der Waals surface area contributed by atoms with Gasteiger partial charge in [-0.25, -0.2) is 23.7 Å². The minimum absolute atomic E-state index is 0.115. The smallest absolute Gasteiger partial charge is 0.422 e. The summed E-state index contributed by atoms with van der Waals surface area (Å²) in [6.45, 7) is 5.72. The number of hydrogen-bond acceptors (Lipinski definition) is 7. The molecule has 1 spiro atoms. The molecule has 206 valence electrons. The highest BCUT2D eigenvalue weighted by molar-refractivity contribution is 6.31. The van der Waals surface area contributed by atoms with E-state index < -0.39 is 29.7 Å². The first-order chi connectivity index (χ1) is 18.9. The fourth-order valence-electron chi connectivity index (χ4n) is 5.16. The van der Waals surface area contributed by atoms with E-state index in [0.29, 0.717) is 19.6 Å². The van der Waals surface area contributed by atoms with Gasteiger partial charge < -0.3 is 19.1 Å². The number of para-hydroxylation sites is 1. The zero-order chi connectivity index (χ0) is 27.4. The molecule has 39 heavy (non-hydrogen) atoms. The molecule has 10 heteroatoms. The van der Waals surface area contributed by atoms with Gasteiger partial charge in [-0.3, -0.25) is 4.90 Å². The molecule has 0 bridgehead atoms. The van der Waals surface area contributed by atoms with Crippen molar-refractivity contribution in [3.8, 4) is 5.75 Å². The van der Waals surface area contributed by atoms with Gasteiger partial charge in [-0.05, 0) is 68.1 Å². The van der Waals surface area contributed by atoms with Crippen LogP contribution in [0, 0.1) is 5.82 Å². The fraction of sp³-hybridized carbons (Fsp3) is 0.414. The molecule has 2 saturated heterocycles. The van der Waals surface area contributed by atoms with Crippen molar-refractivity contribution < 1.29 is 33.0 Å². The molecule has 3 aliphatic heterocycles. The maximum absolute atomic E-state index is 13.5. The Balaban J connectivity index is 1.16. The van der Waals surface area contributed by atoms with Crippen molar-refractivity contribution in [3.63, 3.8) is 0 Å². The molecule has 3 aliphatic rings. The van der Waals surface area contributed by atoms with Crippen LogP contribution in [0.5, 0.6) is 5.75 Å². The number of benzene rings is 2. The lowest BCUT2D eigenvalue weighted by Crippen LogP contribution is -2.49. The summed E-state index contributed by atoms with van der Waals surface area (Å²) in [5.74, 6) is -3.75. The van der Waals surface area contributed by atoms with Gasteiger partial charge in [0.2, 0.25) is 0 Å². The number of urea groups is 1. The molecule has 0 N–H and O–H groups in total. The van der Waals surface area contributed by atoms with E-state index >= 15 is 0 Å². The summed E-state index contributed by atoms with van der Waals surface area (Å²) in [4.78, 5) is 42.0. The van der Waals surface area contributed by atoms with E-state index in [1.807, 2.05) is 18.2 Å². The number of carbonyl (C=O) groups excluding carboxylic acids is 3. The number of anilines is 1. The summed E-state index contributed by atoms with van der Waals surface area (Å²) < 4.78 is 29.9. The second-order valence-corrected chi connectivity index (χ2v) is 9.84. The Labute approximate surface area is 226 Å². The van der Waals surface area contributed by atoms with Crippen LogP contribution in [-0.4, -0.2) is 73.0 Å². The monoisotopic (exact) mass is 537 g/mol. The van der Waals surface area contributed by atoms with Crippen LogP contribution >= 0.6 is 0 Å². The number of carbonyl (C=O) groups is 3. The predicted octanol–water partition coefficient (Wildman–Crippen LogP) is 4.18. The SMILES string of the molecule is CCCOc1ccccc1C1=CCN(CCCCN2CC3(OC(=O)C(=O)O3)N(c3ccc(F)cc3)C2=O)CC1. The summed E-state index contributed by atoms with van der Waals surface area (Å²) in [6.07, 6.45) is 5.72. The quantitative estimate of drug-likeness (QED) is 0.255. The third kappa shape index (κ3) is 5.61. The van der Waals surface area contributed by atoms with E-state index in [0.717, 1.165) is 55.1 Å². The molecule has 0 saturated carbocycles. The number of ether oxygens (including phenoxy) is 3. The first-order valence-electron chi connectivity index (χ1n) is 13.3. The second kappa shape index (κ2) is 11.4. The number of esters is 2. The van der Waals surface area contributed by atoms with E-state index in [2.05, 4.69) is 24.0 Å². The normalized spacial score (nSPS) is 18.9. The number of unbranched alkanes of at least 4 members (excludes halogenated alkanes) is 1. The van der Waals surface area contributed by atoms with Crippen molar-refractivity contribution in [3.05, 3.63) is 66.0 Å². The van der Waals surface area contributed by atoms with Gasteiger partial charge in [-0.1, -0.05) is 31.2 Å². The lowest BCUT2D eigenvalue weighted by atomic mass is 9.98. The first-order valence-corrected chi connectivity index (χ1v) is 13.3. The largest absolute Gasteiger partial charge is 0.493 e. The van der Waals surface area contributed by atoms with Crippen molar-refractivity contribution >= 4 is 29.2 Å². The first kappa shape index (κ1) is 26.7. The number of nitrogens with zero attached hydrogens (tertiary/aromatic N) is 3. The van der Waals surface area contributed by atoms with Crippen molar-refractivity contribution in [1.29, 1.82) is 0 Å². The second-order valence-electron chi connectivity index (χ2n) is 9.84. The average molecular weight is 538 g/mol. The topological polar surface area (TPSA) is 88.6 Å². The van der Waals surface area contributed by atoms with E-state index in [9.17, 15) is 18.8 Å². The summed E-state index contributed by atoms with van der Waals surface area (Å²) >= 11 is 0. The predicted molar refractivity (Wildman–Crippen MR) is 141 cm³/mol. The van der Waals surface area contributed by atoms with Crippen LogP contribution < -0.4 is 9.64 Å². The molecule has 0 unspecified atom stereocenters. The van der Waals surface area contributed by atoms with Crippen molar-refractivity contribution in [1.82, 2.24) is 9.80 Å². The molecular weight excluding hydrogens is 505 g/mol. The van der Waals surface area contributed by atoms with Crippen LogP contribution in [0.25, 0.3) is 5.57 Å². The third-order valence-electron chi connectivity index (χ3n) is 7.09. The van der Waals surface area contributed by atoms with E-state index in [-0.39, 0.29) is 12.2 Å². The molecule has 2 aromatic carbocycles. The maximum atomic E-state index is 13.5. The van der Waals surface area contributed by atoms with E-state index in [4.69, 9.17) is 14.2 Å². The number of halogens is 1. The molecule has 3 heterocycles. The van der Waals surface area contributed by atoms with Gasteiger partial charge in [0.15, 0.2) is 0 Å². The zero-order valence-electron chi connectivity index (χ0n) is 21.9. The molecular formula is C29H32FN3O6. The van der Waals surface area contributed by atoms with Crippen molar-refractivity contribution in [2.45, 2.75) is 38.5 Å². The fourth-order valence-corrected chi connectivity index (χ4v) is 5.16. The Morgan fingerprint density at radius 2 is 1.69 bits per heavy atom. The molecule has 2 fully saturated rings. The third-order valence-corrected chi connectivity index (χ3v) is 7.09. The standard InChI is InChI=1S/C29H32FN3O6/c1-2-19-37-25-8-4-3-7-24(25)21-13-17-31(18-14-21)15-5-6-16-32-20-29(38-26(34)27(35)39-29)33(28(32)36)23-11-9-22(30)10-12-23/h3-4,7-13H,2,5-6,14-20H2,1H3. The van der Waals surface area contributed by atoms with Crippen LogP contribution in [0.4, 0.5) is 14.9 Å². The molecule has 0 atom stereocenters. The Bertz CT molecular complexity index is 1250. The van der Waals surface area contributed by atoms with Gasteiger partial charge in [0.05, 0.1) is 12.3 Å². The van der Waals surface area contributed by atoms with E-state index in [1.165, 1.54) is 34.7 Å². The Morgan fingerprint density at radius 1 is 0.974 bits per heavy atom. The van der Waals surface area contributed by atoms with Gasteiger partial charge in [-0.2, -0.15) is 0 Å². The van der Waals surface area contributed by atoms with E-state index in [1.54, 1.807) is 0 Å². The molecule has 0 radical (unpaired) electrons. The lowest BCUT2D eigenvalue weighted by Gasteiger charge is -2.28. The van der Waals surface area contributed by atoms with Gasteiger partial charge in [0.25, 0.3) is 0 Å². The number of rotatable bonds is 10. The molecule has 0 aromatic heterocycles. The molecule has 0 aliphatic carbocycles. The van der Waals surface area contributed by atoms with Crippen LogP contribution in [0.1, 0.15) is 38.2 Å². The highest BCUT2D eigenvalue weighted by atomic mass is 19.1. The van der Waals surface area contributed by atoms with Gasteiger partial charge in [0, 0.05) is 25.2 Å². The minimum atomic E-state index is -1.88. The Morgan fingerprint density at radius 3 is 2.38 bits per heavy atom.